The van der Waals surface area contributed by atoms with Crippen LogP contribution in [0.25, 0.3) is 5.52 Å². The van der Waals surface area contributed by atoms with Crippen molar-refractivity contribution in [3.05, 3.63) is 35.7 Å². The molecule has 2 aromatic rings. The van der Waals surface area contributed by atoms with E-state index in [-0.39, 0.29) is 5.69 Å². The lowest BCUT2D eigenvalue weighted by atomic mass is 10.3. The quantitative estimate of drug-likeness (QED) is 0.713. The third-order valence-electron chi connectivity index (χ3n) is 1.83. The Morgan fingerprint density at radius 1 is 1.54 bits per heavy atom. The topological polar surface area (TPSA) is 54.6 Å². The van der Waals surface area contributed by atoms with E-state index in [1.54, 1.807) is 6.07 Å². The SMILES string of the molecule is Cc1cc2cccc(C(=O)O)n2n1. The fourth-order valence-corrected chi connectivity index (χ4v) is 1.30. The van der Waals surface area contributed by atoms with Gasteiger partial charge in [-0.25, -0.2) is 9.31 Å². The highest BCUT2D eigenvalue weighted by molar-refractivity contribution is 5.86. The van der Waals surface area contributed by atoms with Crippen LogP contribution in [0.1, 0.15) is 16.2 Å². The zero-order valence-electron chi connectivity index (χ0n) is 7.06. The number of aryl methyl sites for hydroxylation is 1. The van der Waals surface area contributed by atoms with Crippen LogP contribution in [0.5, 0.6) is 0 Å². The van der Waals surface area contributed by atoms with Gasteiger partial charge in [0, 0.05) is 0 Å². The van der Waals surface area contributed by atoms with Crippen molar-refractivity contribution in [2.75, 3.05) is 0 Å². The number of aromatic nitrogens is 2. The lowest BCUT2D eigenvalue weighted by Gasteiger charge is -1.97. The van der Waals surface area contributed by atoms with E-state index in [2.05, 4.69) is 5.10 Å². The summed E-state index contributed by atoms with van der Waals surface area (Å²) in [4.78, 5) is 10.8. The second-order valence-electron chi connectivity index (χ2n) is 2.84. The van der Waals surface area contributed by atoms with E-state index in [1.165, 1.54) is 10.6 Å². The number of hydrogen-bond donors (Lipinski definition) is 1. The van der Waals surface area contributed by atoms with Crippen LogP contribution in [-0.2, 0) is 0 Å². The van der Waals surface area contributed by atoms with Gasteiger partial charge in [0.25, 0.3) is 0 Å². The van der Waals surface area contributed by atoms with Crippen molar-refractivity contribution in [1.82, 2.24) is 9.61 Å². The van der Waals surface area contributed by atoms with E-state index < -0.39 is 5.97 Å². The molecule has 13 heavy (non-hydrogen) atoms. The molecule has 0 radical (unpaired) electrons. The van der Waals surface area contributed by atoms with Gasteiger partial charge in [-0.05, 0) is 25.1 Å². The summed E-state index contributed by atoms with van der Waals surface area (Å²) in [6, 6.07) is 6.90. The van der Waals surface area contributed by atoms with Crippen LogP contribution in [0.3, 0.4) is 0 Å². The molecule has 0 fully saturated rings. The summed E-state index contributed by atoms with van der Waals surface area (Å²) in [5, 5.41) is 12.9. The van der Waals surface area contributed by atoms with Crippen molar-refractivity contribution in [2.24, 2.45) is 0 Å². The Morgan fingerprint density at radius 3 is 3.00 bits per heavy atom. The molecule has 2 rings (SSSR count). The van der Waals surface area contributed by atoms with Gasteiger partial charge in [0.15, 0.2) is 0 Å². The number of rotatable bonds is 1. The maximum absolute atomic E-state index is 10.8. The molecule has 0 aliphatic heterocycles. The summed E-state index contributed by atoms with van der Waals surface area (Å²) in [7, 11) is 0. The van der Waals surface area contributed by atoms with E-state index >= 15 is 0 Å². The molecule has 0 atom stereocenters. The van der Waals surface area contributed by atoms with Crippen LogP contribution < -0.4 is 0 Å². The number of pyridine rings is 1. The Hall–Kier alpha value is -1.84. The van der Waals surface area contributed by atoms with E-state index in [9.17, 15) is 4.79 Å². The number of nitrogens with zero attached hydrogens (tertiary/aromatic N) is 2. The Bertz CT molecular complexity index is 473. The zero-order chi connectivity index (χ0) is 9.42. The molecule has 2 heterocycles. The minimum atomic E-state index is -0.964. The van der Waals surface area contributed by atoms with Gasteiger partial charge in [0.1, 0.15) is 5.69 Å². The van der Waals surface area contributed by atoms with Crippen LogP contribution in [0, 0.1) is 6.92 Å². The van der Waals surface area contributed by atoms with Gasteiger partial charge in [-0.1, -0.05) is 6.07 Å². The van der Waals surface area contributed by atoms with Gasteiger partial charge < -0.3 is 5.11 Å². The van der Waals surface area contributed by atoms with Crippen molar-refractivity contribution in [2.45, 2.75) is 6.92 Å². The van der Waals surface area contributed by atoms with Crippen LogP contribution >= 0.6 is 0 Å². The van der Waals surface area contributed by atoms with Crippen molar-refractivity contribution in [3.8, 4) is 0 Å². The minimum Gasteiger partial charge on any atom is -0.477 e. The molecule has 0 bridgehead atoms. The Kier molecular flexibility index (Phi) is 1.55. The average Bonchev–Trinajstić information content (AvgIpc) is 2.43. The zero-order valence-corrected chi connectivity index (χ0v) is 7.06. The lowest BCUT2D eigenvalue weighted by Crippen LogP contribution is -2.05. The molecule has 1 N–H and O–H groups in total. The van der Waals surface area contributed by atoms with Crippen molar-refractivity contribution >= 4 is 11.5 Å². The maximum Gasteiger partial charge on any atom is 0.354 e. The number of carboxylic acid groups (broad SMARTS) is 1. The summed E-state index contributed by atoms with van der Waals surface area (Å²) in [6.07, 6.45) is 0. The third-order valence-corrected chi connectivity index (χ3v) is 1.83. The van der Waals surface area contributed by atoms with Crippen molar-refractivity contribution in [3.63, 3.8) is 0 Å². The van der Waals surface area contributed by atoms with Gasteiger partial charge >= 0.3 is 5.97 Å². The second kappa shape index (κ2) is 2.58. The first-order valence-corrected chi connectivity index (χ1v) is 3.87. The summed E-state index contributed by atoms with van der Waals surface area (Å²) in [5.41, 5.74) is 1.80. The first-order valence-electron chi connectivity index (χ1n) is 3.87. The highest BCUT2D eigenvalue weighted by Gasteiger charge is 2.08. The summed E-state index contributed by atoms with van der Waals surface area (Å²) < 4.78 is 1.43. The van der Waals surface area contributed by atoms with Gasteiger partial charge in [-0.2, -0.15) is 5.10 Å². The Labute approximate surface area is 74.4 Å². The fraction of sp³-hybridized carbons (Fsp3) is 0.111. The Morgan fingerprint density at radius 2 is 2.31 bits per heavy atom. The molecule has 4 nitrogen and oxygen atoms in total. The molecule has 0 spiro atoms. The van der Waals surface area contributed by atoms with Crippen LogP contribution in [0.4, 0.5) is 0 Å². The van der Waals surface area contributed by atoms with Gasteiger partial charge in [-0.15, -0.1) is 0 Å². The predicted octanol–water partition coefficient (Wildman–Crippen LogP) is 1.34. The standard InChI is InChI=1S/C9H8N2O2/c1-6-5-7-3-2-4-8(9(12)13)11(7)10-6/h2-5H,1H3,(H,12,13). The van der Waals surface area contributed by atoms with Crippen molar-refractivity contribution < 1.29 is 9.90 Å². The molecule has 0 aliphatic carbocycles. The van der Waals surface area contributed by atoms with Gasteiger partial charge in [-0.3, -0.25) is 0 Å². The molecule has 0 saturated heterocycles. The minimum absolute atomic E-state index is 0.186. The van der Waals surface area contributed by atoms with E-state index in [0.29, 0.717) is 0 Å². The second-order valence-corrected chi connectivity index (χ2v) is 2.84. The largest absolute Gasteiger partial charge is 0.477 e. The molecular weight excluding hydrogens is 168 g/mol. The third kappa shape index (κ3) is 1.16. The van der Waals surface area contributed by atoms with Crippen molar-refractivity contribution in [1.29, 1.82) is 0 Å². The number of fused-ring (bicyclic) bond motifs is 1. The molecule has 0 aliphatic rings. The van der Waals surface area contributed by atoms with E-state index in [0.717, 1.165) is 11.2 Å². The monoisotopic (exact) mass is 176 g/mol. The fourth-order valence-electron chi connectivity index (χ4n) is 1.30. The average molecular weight is 176 g/mol. The molecule has 0 unspecified atom stereocenters. The predicted molar refractivity (Wildman–Crippen MR) is 46.9 cm³/mol. The Balaban J connectivity index is 2.82. The maximum atomic E-state index is 10.8. The molecule has 0 aromatic carbocycles. The van der Waals surface area contributed by atoms with Crippen LogP contribution in [0.2, 0.25) is 0 Å². The summed E-state index contributed by atoms with van der Waals surface area (Å²) in [6.45, 7) is 1.83. The normalized spacial score (nSPS) is 10.5. The van der Waals surface area contributed by atoms with Crippen LogP contribution in [-0.4, -0.2) is 20.7 Å². The number of aromatic carboxylic acids is 1. The first kappa shape index (κ1) is 7.79. The number of carbonyl (C=O) groups is 1. The molecule has 66 valence electrons. The van der Waals surface area contributed by atoms with Gasteiger partial charge in [0.05, 0.1) is 11.2 Å². The smallest absolute Gasteiger partial charge is 0.354 e. The highest BCUT2D eigenvalue weighted by Crippen LogP contribution is 2.08. The highest BCUT2D eigenvalue weighted by atomic mass is 16.4. The molecule has 0 amide bonds. The van der Waals surface area contributed by atoms with E-state index in [4.69, 9.17) is 5.11 Å². The lowest BCUT2D eigenvalue weighted by molar-refractivity contribution is 0.0687. The van der Waals surface area contributed by atoms with Crippen LogP contribution in [0.15, 0.2) is 24.3 Å². The summed E-state index contributed by atoms with van der Waals surface area (Å²) >= 11 is 0. The molecule has 0 saturated carbocycles. The molecule has 4 heteroatoms. The molecule has 2 aromatic heterocycles. The van der Waals surface area contributed by atoms with E-state index in [1.807, 2.05) is 19.1 Å². The van der Waals surface area contributed by atoms with Gasteiger partial charge in [0.2, 0.25) is 0 Å². The number of hydrogen-bond acceptors (Lipinski definition) is 2. The summed E-state index contributed by atoms with van der Waals surface area (Å²) in [5.74, 6) is -0.964. The first-order chi connectivity index (χ1) is 6.18. The number of carboxylic acids is 1. The molecular formula is C9H8N2O2.